The second-order valence-electron chi connectivity index (χ2n) is 3.37. The number of nitrogens with zero attached hydrogens (tertiary/aromatic N) is 1. The molecule has 88 valence electrons. The third-order valence-electron chi connectivity index (χ3n) is 2.03. The Morgan fingerprint density at radius 2 is 2.25 bits per heavy atom. The van der Waals surface area contributed by atoms with Crippen LogP contribution in [0.3, 0.4) is 0 Å². The van der Waals surface area contributed by atoms with Crippen LogP contribution in [0, 0.1) is 6.92 Å². The van der Waals surface area contributed by atoms with Crippen molar-refractivity contribution in [2.24, 2.45) is 5.73 Å². The van der Waals surface area contributed by atoms with Crippen LogP contribution in [0.2, 0.25) is 0 Å². The van der Waals surface area contributed by atoms with Crippen molar-refractivity contribution >= 4 is 22.9 Å². The van der Waals surface area contributed by atoms with Crippen molar-refractivity contribution in [1.82, 2.24) is 0 Å². The smallest absolute Gasteiger partial charge is 0.219 e. The zero-order valence-electron chi connectivity index (χ0n) is 8.88. The van der Waals surface area contributed by atoms with E-state index in [1.54, 1.807) is 18.2 Å². The maximum atomic E-state index is 11.0. The number of aryl methyl sites for hydroxylation is 1. The molecule has 0 aliphatic carbocycles. The van der Waals surface area contributed by atoms with Gasteiger partial charge < -0.3 is 14.6 Å². The van der Waals surface area contributed by atoms with Gasteiger partial charge in [-0.05, 0) is 24.6 Å². The van der Waals surface area contributed by atoms with E-state index in [2.05, 4.69) is 0 Å². The Bertz CT molecular complexity index is 409. The minimum Gasteiger partial charge on any atom is -0.755 e. The number of carbonyl (C=O) groups is 1. The Labute approximate surface area is 96.7 Å². The zero-order valence-corrected chi connectivity index (χ0v) is 9.70. The summed E-state index contributed by atoms with van der Waals surface area (Å²) >= 11 is -2.40. The summed E-state index contributed by atoms with van der Waals surface area (Å²) in [5, 5.41) is 0. The van der Waals surface area contributed by atoms with Gasteiger partial charge in [-0.15, -0.1) is 0 Å². The molecule has 0 radical (unpaired) electrons. The summed E-state index contributed by atoms with van der Waals surface area (Å²) in [5.74, 6) is -0.525. The molecule has 0 aliphatic heterocycles. The van der Waals surface area contributed by atoms with E-state index in [0.717, 1.165) is 9.87 Å². The number of anilines is 1. The van der Waals surface area contributed by atoms with Crippen molar-refractivity contribution in [2.45, 2.75) is 13.3 Å². The molecule has 1 amide bonds. The normalized spacial score (nSPS) is 12.1. The molecule has 0 saturated heterocycles. The van der Waals surface area contributed by atoms with E-state index in [0.29, 0.717) is 5.69 Å². The molecule has 1 rings (SSSR count). The van der Waals surface area contributed by atoms with Gasteiger partial charge in [0.1, 0.15) is 0 Å². The molecule has 0 aromatic heterocycles. The number of rotatable bonds is 5. The molecule has 0 bridgehead atoms. The number of hydrogen-bond acceptors (Lipinski definition) is 3. The molecule has 1 atom stereocenters. The van der Waals surface area contributed by atoms with Crippen LogP contribution in [-0.4, -0.2) is 21.2 Å². The summed E-state index contributed by atoms with van der Waals surface area (Å²) < 4.78 is 23.1. The molecule has 2 N–H and O–H groups in total. The molecular weight excluding hydrogens is 228 g/mol. The van der Waals surface area contributed by atoms with Gasteiger partial charge in [0.05, 0.1) is 0 Å². The average molecular weight is 241 g/mol. The van der Waals surface area contributed by atoms with E-state index in [1.165, 1.54) is 0 Å². The quantitative estimate of drug-likeness (QED) is 0.760. The van der Waals surface area contributed by atoms with Crippen molar-refractivity contribution in [1.29, 1.82) is 0 Å². The molecule has 1 aromatic rings. The predicted octanol–water partition coefficient (Wildman–Crippen LogP) is 0.471. The van der Waals surface area contributed by atoms with E-state index < -0.39 is 17.2 Å². The Hall–Kier alpha value is -1.40. The fraction of sp³-hybridized carbons (Fsp3) is 0.300. The van der Waals surface area contributed by atoms with Gasteiger partial charge in [-0.2, -0.15) is 0 Å². The van der Waals surface area contributed by atoms with E-state index >= 15 is 0 Å². The summed E-state index contributed by atoms with van der Waals surface area (Å²) in [7, 11) is 0. The maximum absolute atomic E-state index is 11.0. The van der Waals surface area contributed by atoms with Crippen molar-refractivity contribution in [3.05, 3.63) is 29.8 Å². The maximum Gasteiger partial charge on any atom is 0.219 e. The number of primary amides is 1. The molecule has 0 saturated carbocycles. The van der Waals surface area contributed by atoms with Crippen LogP contribution in [0.5, 0.6) is 0 Å². The van der Waals surface area contributed by atoms with Crippen molar-refractivity contribution in [3.8, 4) is 0 Å². The molecule has 1 unspecified atom stereocenters. The molecule has 0 heterocycles. The molecular formula is C10H13N2O3S-. The first kappa shape index (κ1) is 12.7. The first-order chi connectivity index (χ1) is 7.50. The Morgan fingerprint density at radius 1 is 1.56 bits per heavy atom. The molecule has 1 aromatic carbocycles. The third kappa shape index (κ3) is 3.63. The minimum absolute atomic E-state index is 0.00191. The average Bonchev–Trinajstić information content (AvgIpc) is 2.17. The van der Waals surface area contributed by atoms with Gasteiger partial charge in [-0.1, -0.05) is 12.1 Å². The second kappa shape index (κ2) is 5.62. The van der Waals surface area contributed by atoms with Gasteiger partial charge in [-0.3, -0.25) is 9.00 Å². The summed E-state index contributed by atoms with van der Waals surface area (Å²) in [6, 6.07) is 7.03. The van der Waals surface area contributed by atoms with Crippen LogP contribution >= 0.6 is 0 Å². The minimum atomic E-state index is -2.40. The van der Waals surface area contributed by atoms with Gasteiger partial charge >= 0.3 is 0 Å². The van der Waals surface area contributed by atoms with Crippen LogP contribution in [0.25, 0.3) is 0 Å². The SMILES string of the molecule is Cc1cccc(N(CCC(N)=O)S(=O)[O-])c1. The first-order valence-electron chi connectivity index (χ1n) is 4.72. The molecule has 16 heavy (non-hydrogen) atoms. The van der Waals surface area contributed by atoms with Gasteiger partial charge in [0.2, 0.25) is 5.91 Å². The van der Waals surface area contributed by atoms with E-state index in [9.17, 15) is 13.6 Å². The number of carbonyl (C=O) groups excluding carboxylic acids is 1. The van der Waals surface area contributed by atoms with Crippen LogP contribution in [0.15, 0.2) is 24.3 Å². The summed E-state index contributed by atoms with van der Waals surface area (Å²) in [6.07, 6.45) is 0.00191. The topological polar surface area (TPSA) is 86.5 Å². The van der Waals surface area contributed by atoms with E-state index in [-0.39, 0.29) is 13.0 Å². The van der Waals surface area contributed by atoms with Crippen LogP contribution in [0.4, 0.5) is 5.69 Å². The number of nitrogens with two attached hydrogens (primary N) is 1. The molecule has 6 heteroatoms. The highest BCUT2D eigenvalue weighted by atomic mass is 32.2. The Morgan fingerprint density at radius 3 is 2.75 bits per heavy atom. The number of amides is 1. The van der Waals surface area contributed by atoms with Crippen LogP contribution < -0.4 is 10.0 Å². The molecule has 0 fully saturated rings. The molecule has 0 spiro atoms. The standard InChI is InChI=1S/C10H14N2O3S/c1-8-3-2-4-9(7-8)12(16(14)15)6-5-10(11)13/h2-4,7H,5-6H2,1H3,(H2,11,13)(H,14,15)/p-1. The Balaban J connectivity index is 2.85. The van der Waals surface area contributed by atoms with Gasteiger partial charge in [-0.25, -0.2) is 0 Å². The van der Waals surface area contributed by atoms with E-state index in [1.807, 2.05) is 13.0 Å². The summed E-state index contributed by atoms with van der Waals surface area (Å²) in [5.41, 5.74) is 6.47. The van der Waals surface area contributed by atoms with Gasteiger partial charge in [0.25, 0.3) is 0 Å². The summed E-state index contributed by atoms with van der Waals surface area (Å²) in [6.45, 7) is 1.93. The third-order valence-corrected chi connectivity index (χ3v) is 2.78. The van der Waals surface area contributed by atoms with Crippen LogP contribution in [-0.2, 0) is 16.1 Å². The van der Waals surface area contributed by atoms with Gasteiger partial charge in [0.15, 0.2) is 0 Å². The fourth-order valence-electron chi connectivity index (χ4n) is 1.28. The lowest BCUT2D eigenvalue weighted by Crippen LogP contribution is -2.29. The highest BCUT2D eigenvalue weighted by Crippen LogP contribution is 2.17. The highest BCUT2D eigenvalue weighted by molar-refractivity contribution is 7.80. The number of hydrogen-bond donors (Lipinski definition) is 1. The van der Waals surface area contributed by atoms with Crippen molar-refractivity contribution in [2.75, 3.05) is 10.8 Å². The van der Waals surface area contributed by atoms with Gasteiger partial charge in [0, 0.05) is 29.9 Å². The van der Waals surface area contributed by atoms with Crippen molar-refractivity contribution < 1.29 is 13.6 Å². The molecule has 0 aliphatic rings. The predicted molar refractivity (Wildman–Crippen MR) is 61.3 cm³/mol. The second-order valence-corrected chi connectivity index (χ2v) is 4.25. The lowest BCUT2D eigenvalue weighted by molar-refractivity contribution is -0.117. The van der Waals surface area contributed by atoms with Crippen molar-refractivity contribution in [3.63, 3.8) is 0 Å². The Kier molecular flexibility index (Phi) is 4.45. The summed E-state index contributed by atoms with van der Waals surface area (Å²) in [4.78, 5) is 10.6. The lowest BCUT2D eigenvalue weighted by Gasteiger charge is -2.26. The van der Waals surface area contributed by atoms with Crippen LogP contribution in [0.1, 0.15) is 12.0 Å². The molecule has 5 nitrogen and oxygen atoms in total. The monoisotopic (exact) mass is 241 g/mol. The fourth-order valence-corrected chi connectivity index (χ4v) is 1.81. The zero-order chi connectivity index (χ0) is 12.1. The van der Waals surface area contributed by atoms with E-state index in [4.69, 9.17) is 5.73 Å². The number of benzene rings is 1. The lowest BCUT2D eigenvalue weighted by atomic mass is 10.2. The highest BCUT2D eigenvalue weighted by Gasteiger charge is 2.08. The first-order valence-corrected chi connectivity index (χ1v) is 5.76. The largest absolute Gasteiger partial charge is 0.755 e.